The third kappa shape index (κ3) is 14.4. The quantitative estimate of drug-likeness (QED) is 0.0748. The average molecular weight is 1390 g/mol. The monoisotopic (exact) mass is 1390 g/mol. The summed E-state index contributed by atoms with van der Waals surface area (Å²) in [6, 6.07) is 19.2. The zero-order valence-electron chi connectivity index (χ0n) is 59.1. The highest BCUT2D eigenvalue weighted by Gasteiger charge is 2.46. The number of methoxy groups -OCH3 is 1. The fraction of sp³-hybridized carbons (Fsp3) is 0.423. The van der Waals surface area contributed by atoms with Crippen molar-refractivity contribution in [1.29, 1.82) is 0 Å². The molecule has 5 aliphatic rings. The van der Waals surface area contributed by atoms with E-state index in [2.05, 4.69) is 66.9 Å². The van der Waals surface area contributed by atoms with Crippen LogP contribution in [0.3, 0.4) is 0 Å². The molecule has 3 aromatic carbocycles. The molecule has 3 N–H and O–H groups in total. The van der Waals surface area contributed by atoms with E-state index in [1.165, 1.54) is 19.0 Å². The first-order valence-corrected chi connectivity index (χ1v) is 34.1. The van der Waals surface area contributed by atoms with Crippen LogP contribution in [0.25, 0.3) is 28.8 Å². The molecule has 0 spiro atoms. The Labute approximate surface area is 589 Å². The molecule has 31 nitrogen and oxygen atoms in total. The molecule has 31 heteroatoms. The highest BCUT2D eigenvalue weighted by Crippen LogP contribution is 2.40. The van der Waals surface area contributed by atoms with Gasteiger partial charge in [-0.3, -0.25) is 23.6 Å². The topological polar surface area (TPSA) is 300 Å². The molecular weight excluding hydrogens is 1310 g/mol. The third-order valence-electron chi connectivity index (χ3n) is 19.6. The Kier molecular flexibility index (Phi) is 20.3. The Bertz CT molecular complexity index is 4590. The van der Waals surface area contributed by atoms with Crippen LogP contribution in [0.4, 0.5) is 21.2 Å². The van der Waals surface area contributed by atoms with Crippen LogP contribution in [0.1, 0.15) is 72.2 Å². The summed E-state index contributed by atoms with van der Waals surface area (Å²) in [5.41, 5.74) is 7.64. The number of rotatable bonds is 19. The number of amides is 5. The Morgan fingerprint density at radius 1 is 0.686 bits per heavy atom. The van der Waals surface area contributed by atoms with Crippen molar-refractivity contribution >= 4 is 46.5 Å². The third-order valence-corrected chi connectivity index (χ3v) is 19.6. The average Bonchev–Trinajstić information content (AvgIpc) is 1.60. The van der Waals surface area contributed by atoms with E-state index in [0.29, 0.717) is 82.5 Å². The van der Waals surface area contributed by atoms with Crippen molar-refractivity contribution in [3.63, 3.8) is 0 Å². The molecule has 7 aromatic heterocycles. The molecule has 0 radical (unpaired) electrons. The number of furan rings is 1. The van der Waals surface area contributed by atoms with E-state index in [9.17, 15) is 19.2 Å². The van der Waals surface area contributed by atoms with Gasteiger partial charge in [0, 0.05) is 109 Å². The Morgan fingerprint density at radius 3 is 2.09 bits per heavy atom. The van der Waals surface area contributed by atoms with Gasteiger partial charge in [0.25, 0.3) is 0 Å². The molecule has 15 rings (SSSR count). The van der Waals surface area contributed by atoms with Crippen LogP contribution in [-0.4, -0.2) is 205 Å². The van der Waals surface area contributed by atoms with Crippen molar-refractivity contribution in [1.82, 2.24) is 93.2 Å². The molecule has 5 amide bonds. The van der Waals surface area contributed by atoms with Gasteiger partial charge in [0.05, 0.1) is 55.6 Å². The summed E-state index contributed by atoms with van der Waals surface area (Å²) in [6.07, 6.45) is 18.2. The number of hydrogen-bond acceptors (Lipinski definition) is 20. The molecule has 102 heavy (non-hydrogen) atoms. The number of ether oxygens (including phenoxy) is 5. The van der Waals surface area contributed by atoms with E-state index in [4.69, 9.17) is 43.1 Å². The van der Waals surface area contributed by atoms with Crippen LogP contribution < -0.4 is 44.7 Å². The lowest BCUT2D eigenvalue weighted by atomic mass is 10.0. The number of hydrogen-bond donors (Lipinski definition) is 3. The van der Waals surface area contributed by atoms with Crippen molar-refractivity contribution in [3.05, 3.63) is 156 Å². The number of fused-ring (bicyclic) bond motifs is 3. The summed E-state index contributed by atoms with van der Waals surface area (Å²) in [7, 11) is 9.01. The number of urea groups is 1. The maximum Gasteiger partial charge on any atom is 0.409 e. The fourth-order valence-electron chi connectivity index (χ4n) is 13.7. The number of benzene rings is 3. The molecule has 10 aromatic rings. The van der Waals surface area contributed by atoms with E-state index in [1.54, 1.807) is 61.9 Å². The van der Waals surface area contributed by atoms with E-state index in [0.717, 1.165) is 106 Å². The first kappa shape index (κ1) is 69.3. The van der Waals surface area contributed by atoms with Crippen molar-refractivity contribution in [3.8, 4) is 40.8 Å². The van der Waals surface area contributed by atoms with Crippen LogP contribution in [0, 0.1) is 20.8 Å². The molecule has 0 aliphatic carbocycles. The van der Waals surface area contributed by atoms with Crippen LogP contribution in [0.5, 0.6) is 23.0 Å². The second-order valence-electron chi connectivity index (χ2n) is 26.5. The lowest BCUT2D eigenvalue weighted by Crippen LogP contribution is -2.54. The normalized spacial score (nSPS) is 17.5. The van der Waals surface area contributed by atoms with Gasteiger partial charge >= 0.3 is 12.1 Å². The first-order chi connectivity index (χ1) is 49.3. The lowest BCUT2D eigenvalue weighted by molar-refractivity contribution is -0.135. The predicted octanol–water partition coefficient (Wildman–Crippen LogP) is 6.30. The number of carbonyl (C=O) groups is 4. The van der Waals surface area contributed by atoms with Gasteiger partial charge in [-0.1, -0.05) is 18.2 Å². The molecular formula is C71H87N21O10. The number of imidazole rings is 5. The summed E-state index contributed by atoms with van der Waals surface area (Å²) in [6.45, 7) is 16.1. The minimum atomic E-state index is -0.420. The molecule has 3 saturated heterocycles. The molecule has 536 valence electrons. The molecule has 3 fully saturated rings. The number of anilines is 2. The minimum absolute atomic E-state index is 0.0129. The highest BCUT2D eigenvalue weighted by atomic mass is 16.7. The van der Waals surface area contributed by atoms with Crippen LogP contribution in [0.2, 0.25) is 0 Å². The number of carbonyl (C=O) groups excluding carboxylic acids is 4. The molecule has 3 unspecified atom stereocenters. The van der Waals surface area contributed by atoms with E-state index in [-0.39, 0.29) is 48.8 Å². The maximum atomic E-state index is 13.4. The Balaban J connectivity index is 0.000000137. The van der Waals surface area contributed by atoms with Crippen LogP contribution >= 0.6 is 0 Å². The van der Waals surface area contributed by atoms with E-state index >= 15 is 0 Å². The second kappa shape index (κ2) is 29.9. The molecule has 0 saturated carbocycles. The van der Waals surface area contributed by atoms with Crippen molar-refractivity contribution in [2.24, 2.45) is 21.1 Å². The van der Waals surface area contributed by atoms with Gasteiger partial charge in [-0.25, -0.2) is 29.5 Å². The number of aromatic nitrogens is 13. The zero-order valence-corrected chi connectivity index (χ0v) is 59.1. The molecule has 12 heterocycles. The summed E-state index contributed by atoms with van der Waals surface area (Å²) in [5.74, 6) is 6.55. The summed E-state index contributed by atoms with van der Waals surface area (Å²) < 4.78 is 43.6. The van der Waals surface area contributed by atoms with Crippen LogP contribution in [-0.2, 0) is 54.9 Å². The molecule has 5 aliphatic heterocycles. The Hall–Kier alpha value is -11.2. The van der Waals surface area contributed by atoms with Gasteiger partial charge in [0.15, 0.2) is 34.6 Å². The van der Waals surface area contributed by atoms with Crippen molar-refractivity contribution in [2.45, 2.75) is 90.5 Å². The van der Waals surface area contributed by atoms with E-state index < -0.39 is 12.1 Å². The van der Waals surface area contributed by atoms with Gasteiger partial charge in [-0.15, -0.1) is 0 Å². The highest BCUT2D eigenvalue weighted by molar-refractivity contribution is 5.94. The van der Waals surface area contributed by atoms with Gasteiger partial charge in [0.2, 0.25) is 36.5 Å². The fourth-order valence-corrected chi connectivity index (χ4v) is 13.7. The first-order valence-electron chi connectivity index (χ1n) is 34.1. The summed E-state index contributed by atoms with van der Waals surface area (Å²) >= 11 is 0. The standard InChI is InChI=1S/C25H32N6O3.C24H29N7O5.C22H26N8O2/c1-17-22(28-24(29(17)4)30-12-11-26-16-30)31-19(7-9-25(31,2)3)23(32)27-10-8-18-5-6-20-21(15-18)34-14-13-33-20;1-16-22(27-23(28(16)2)30-7-6-25-14-30)18-13-29(24(33)34-3)8-9-31(18)21(32)12-26-11-17-4-5-19-20(10-17)36-15-35-19;1-15-20(26-21(28(15)3)29-14-24-13-25-29)30-18(12-27(2)22(30)31)11-23-8-6-16-4-5-19-17(10-16)7-9-32-19/h5-6,11-12,15-16,19H,7-10,13-14H2,1-4H3,(H,27,32);4-7,10,14,18,26H,8-9,11-13,15H2,1-3H3;4-5,7,9-10,13-14,18,23H,6,8,11-12H2,1-3H3. The van der Waals surface area contributed by atoms with Crippen molar-refractivity contribution < 1.29 is 47.3 Å². The van der Waals surface area contributed by atoms with Gasteiger partial charge in [-0.05, 0) is 126 Å². The maximum absolute atomic E-state index is 13.4. The number of nitrogens with one attached hydrogen (secondary N) is 3. The van der Waals surface area contributed by atoms with E-state index in [1.807, 2.05) is 133 Å². The predicted molar refractivity (Wildman–Crippen MR) is 377 cm³/mol. The summed E-state index contributed by atoms with van der Waals surface area (Å²) in [5, 5.41) is 15.2. The van der Waals surface area contributed by atoms with Crippen molar-refractivity contribution in [2.75, 3.05) is 96.3 Å². The lowest BCUT2D eigenvalue weighted by Gasteiger charge is -2.40. The minimum Gasteiger partial charge on any atom is -0.486 e. The molecule has 3 atom stereocenters. The smallest absolute Gasteiger partial charge is 0.409 e. The zero-order chi connectivity index (χ0) is 71.3. The second-order valence-corrected chi connectivity index (χ2v) is 26.5. The van der Waals surface area contributed by atoms with Gasteiger partial charge < -0.3 is 77.4 Å². The number of piperazine rings is 1. The van der Waals surface area contributed by atoms with Gasteiger partial charge in [0.1, 0.15) is 50.1 Å². The Morgan fingerprint density at radius 2 is 1.34 bits per heavy atom. The SMILES string of the molecule is COC(=O)N1CCN(C(=O)CNCc2ccc3c(c2)OCO3)C(c2nc(-n3ccnc3)n(C)c2C)C1.Cc1c(N2C(=O)N(C)CC2CNCCc2ccc3occc3c2)nc(-n2cncn2)n1C.Cc1c(N2C(C(=O)NCCc3ccc4c(c3)OCCO4)CCC2(C)C)nc(-n2ccnc2)n1C. The number of likely N-dealkylation sites (N-methyl/N-ethyl adjacent to an activating group) is 1. The number of nitrogens with zero attached hydrogens (tertiary/aromatic N) is 18. The largest absolute Gasteiger partial charge is 0.486 e. The van der Waals surface area contributed by atoms with Gasteiger partial charge in [-0.2, -0.15) is 19.7 Å². The molecule has 0 bridgehead atoms. The summed E-state index contributed by atoms with van der Waals surface area (Å²) in [4.78, 5) is 87.9. The van der Waals surface area contributed by atoms with Crippen LogP contribution in [0.15, 0.2) is 121 Å².